The third kappa shape index (κ3) is 8.39. The van der Waals surface area contributed by atoms with E-state index in [2.05, 4.69) is 42.5 Å². The number of benzene rings is 1. The van der Waals surface area contributed by atoms with Crippen molar-refractivity contribution in [1.29, 1.82) is 0 Å². The van der Waals surface area contributed by atoms with E-state index in [9.17, 15) is 13.5 Å². The molecule has 22 heavy (non-hydrogen) atoms. The third-order valence-electron chi connectivity index (χ3n) is 2.93. The zero-order valence-corrected chi connectivity index (χ0v) is 18.8. The summed E-state index contributed by atoms with van der Waals surface area (Å²) < 4.78 is 25.5. The van der Waals surface area contributed by atoms with E-state index in [-0.39, 0.29) is 17.5 Å². The van der Waals surface area contributed by atoms with Gasteiger partial charge in [-0.1, -0.05) is 32.0 Å². The zero-order chi connectivity index (χ0) is 17.8. The van der Waals surface area contributed by atoms with E-state index in [4.69, 9.17) is 0 Å². The highest BCUT2D eigenvalue weighted by Crippen LogP contribution is 2.14. The van der Waals surface area contributed by atoms with Crippen LogP contribution in [0.3, 0.4) is 0 Å². The molecule has 0 aliphatic rings. The molecule has 8 heteroatoms. The van der Waals surface area contributed by atoms with Crippen LogP contribution in [0, 0.1) is 0 Å². The molecule has 130 valence electrons. The summed E-state index contributed by atoms with van der Waals surface area (Å²) >= 11 is 4.24. The minimum absolute atomic E-state index is 0.0548. The minimum atomic E-state index is -3.53. The Hall–Kier alpha value is 0.510. The second-order valence-corrected chi connectivity index (χ2v) is 6.29. The van der Waals surface area contributed by atoms with Crippen LogP contribution in [0.2, 0.25) is 0 Å². The fourth-order valence-electron chi connectivity index (χ4n) is 1.48. The van der Waals surface area contributed by atoms with Crippen LogP contribution in [0.5, 0.6) is 0 Å². The number of sulfonamides is 1. The molecule has 1 aromatic rings. The van der Waals surface area contributed by atoms with Crippen LogP contribution >= 0.6 is 37.2 Å². The molecule has 0 saturated heterocycles. The molecule has 0 fully saturated rings. The lowest BCUT2D eigenvalue weighted by Crippen LogP contribution is -2.43. The van der Waals surface area contributed by atoms with Crippen molar-refractivity contribution < 1.29 is 13.5 Å². The van der Waals surface area contributed by atoms with Crippen molar-refractivity contribution in [3.8, 4) is 0 Å². The summed E-state index contributed by atoms with van der Waals surface area (Å²) in [5.74, 6) is 0. The summed E-state index contributed by atoms with van der Waals surface area (Å²) in [5, 5.41) is 12.7. The molecule has 0 spiro atoms. The summed E-state index contributed by atoms with van der Waals surface area (Å²) in [5.41, 5.74) is 0. The normalized spacial score (nSPS) is 13.3. The summed E-state index contributed by atoms with van der Waals surface area (Å²) in [7, 11) is -0.342. The van der Waals surface area contributed by atoms with Crippen molar-refractivity contribution in [2.45, 2.75) is 37.8 Å². The Labute approximate surface area is 158 Å². The van der Waals surface area contributed by atoms with Crippen LogP contribution in [0.25, 0.3) is 0 Å². The number of aliphatic hydroxyl groups excluding tert-OH is 1. The first-order chi connectivity index (χ1) is 10.4. The van der Waals surface area contributed by atoms with Crippen molar-refractivity contribution in [3.05, 3.63) is 30.3 Å². The molecule has 0 aliphatic carbocycles. The fourth-order valence-corrected chi connectivity index (χ4v) is 2.69. The van der Waals surface area contributed by atoms with Crippen LogP contribution in [-0.2, 0) is 10.0 Å². The van der Waals surface area contributed by atoms with E-state index in [0.29, 0.717) is 0 Å². The Morgan fingerprint density at radius 2 is 1.68 bits per heavy atom. The highest BCUT2D eigenvalue weighted by molar-refractivity contribution is 15.0. The average Bonchev–Trinajstić information content (AvgIpc) is 2.58. The van der Waals surface area contributed by atoms with Gasteiger partial charge in [-0.2, -0.15) is 4.31 Å². The quantitative estimate of drug-likeness (QED) is 0.529. The molecule has 1 rings (SSSR count). The Morgan fingerprint density at radius 3 is 2.09 bits per heavy atom. The molecular weight excluding hydrogens is 530 g/mol. The number of nitrogens with zero attached hydrogens (tertiary/aromatic N) is 1. The topological polar surface area (TPSA) is 69.6 Å². The molecule has 2 N–H and O–H groups in total. The van der Waals surface area contributed by atoms with Crippen molar-refractivity contribution in [3.63, 3.8) is 0 Å². The van der Waals surface area contributed by atoms with Gasteiger partial charge in [-0.3, -0.25) is 0 Å². The van der Waals surface area contributed by atoms with E-state index < -0.39 is 16.1 Å². The maximum atomic E-state index is 12.2. The first-order valence-corrected chi connectivity index (χ1v) is 14.6. The summed E-state index contributed by atoms with van der Waals surface area (Å²) in [6.07, 6.45) is -0.751. The molecule has 5 nitrogen and oxygen atoms in total. The molecule has 1 aromatic carbocycles. The highest BCUT2D eigenvalue weighted by Gasteiger charge is 2.24. The smallest absolute Gasteiger partial charge is 0.242 e. The zero-order valence-electron chi connectivity index (χ0n) is 13.6. The second kappa shape index (κ2) is 13.9. The van der Waals surface area contributed by atoms with Gasteiger partial charge in [0.05, 0.1) is 11.0 Å². The van der Waals surface area contributed by atoms with E-state index in [0.717, 1.165) is 0 Å². The highest BCUT2D eigenvalue weighted by atomic mass is 128. The van der Waals surface area contributed by atoms with Gasteiger partial charge in [0.2, 0.25) is 10.0 Å². The van der Waals surface area contributed by atoms with Crippen LogP contribution in [-0.4, -0.2) is 50.6 Å². The maximum absolute atomic E-state index is 12.2. The van der Waals surface area contributed by atoms with Gasteiger partial charge in [0.25, 0.3) is 0 Å². The summed E-state index contributed by atoms with van der Waals surface area (Å²) in [6, 6.07) is 8.02. The Bertz CT molecular complexity index is 472. The Kier molecular flexibility index (Phi) is 15.6. The third-order valence-corrected chi connectivity index (χ3v) is 4.77. The van der Waals surface area contributed by atoms with Crippen molar-refractivity contribution in [2.75, 3.05) is 20.6 Å². The Balaban J connectivity index is 0. The van der Waals surface area contributed by atoms with Gasteiger partial charge in [0, 0.05) is 56.9 Å². The maximum Gasteiger partial charge on any atom is 0.242 e. The van der Waals surface area contributed by atoms with Crippen LogP contribution in [0.15, 0.2) is 35.2 Å². The first-order valence-electron chi connectivity index (χ1n) is 6.90. The number of hydrogen-bond donors (Lipinski definition) is 2. The van der Waals surface area contributed by atoms with Gasteiger partial charge in [0.15, 0.2) is 0 Å². The second-order valence-electron chi connectivity index (χ2n) is 4.24. The molecule has 0 amide bonds. The van der Waals surface area contributed by atoms with Crippen molar-refractivity contribution >= 4 is 47.3 Å². The number of likely N-dealkylation sites (N-methyl/N-ethyl adjacent to an activating group) is 2. The minimum Gasteiger partial charge on any atom is -0.390 e. The predicted octanol–water partition coefficient (Wildman–Crippen LogP) is 3.07. The summed E-state index contributed by atoms with van der Waals surface area (Å²) in [6.45, 7) is 5.85. The molecule has 2 atom stereocenters. The molecular formula is C14H26I2N2O3S. The van der Waals surface area contributed by atoms with E-state index >= 15 is 0 Å². The number of hydrogen-bond acceptors (Lipinski definition) is 4. The van der Waals surface area contributed by atoms with Crippen LogP contribution in [0.4, 0.5) is 0 Å². The van der Waals surface area contributed by atoms with Crippen molar-refractivity contribution in [2.24, 2.45) is 0 Å². The number of rotatable bonds is 6. The van der Waals surface area contributed by atoms with Gasteiger partial charge in [-0.15, -0.1) is 0 Å². The number of nitrogens with one attached hydrogen (secondary N) is 1. The lowest BCUT2D eigenvalue weighted by atomic mass is 10.2. The van der Waals surface area contributed by atoms with Crippen LogP contribution in [0.1, 0.15) is 20.8 Å². The summed E-state index contributed by atoms with van der Waals surface area (Å²) in [4.78, 5) is 0.233. The standard InChI is InChI=1S/C12H20N2O3S.C2H6.I2/c1-10(13-2)12(15)9-14(3)18(16,17)11-7-5-4-6-8-11;2*1-2/h4-8,10,12-13,15H,9H2,1-3H3;1-2H3;. The van der Waals surface area contributed by atoms with E-state index in [1.165, 1.54) is 11.4 Å². The lowest BCUT2D eigenvalue weighted by molar-refractivity contribution is 0.120. The fraction of sp³-hybridized carbons (Fsp3) is 0.571. The first kappa shape index (κ1) is 24.8. The molecule has 2 unspecified atom stereocenters. The Morgan fingerprint density at radius 1 is 1.23 bits per heavy atom. The monoisotopic (exact) mass is 556 g/mol. The molecule has 0 saturated carbocycles. The molecule has 0 heterocycles. The lowest BCUT2D eigenvalue weighted by Gasteiger charge is -2.24. The van der Waals surface area contributed by atoms with Crippen molar-refractivity contribution in [1.82, 2.24) is 9.62 Å². The van der Waals surface area contributed by atoms with E-state index in [1.54, 1.807) is 44.3 Å². The number of aliphatic hydroxyl groups is 1. The molecule has 0 aliphatic heterocycles. The largest absolute Gasteiger partial charge is 0.390 e. The van der Waals surface area contributed by atoms with Gasteiger partial charge >= 0.3 is 0 Å². The van der Waals surface area contributed by atoms with Gasteiger partial charge < -0.3 is 10.4 Å². The van der Waals surface area contributed by atoms with Crippen LogP contribution < -0.4 is 5.32 Å². The van der Waals surface area contributed by atoms with E-state index in [1.807, 2.05) is 13.8 Å². The molecule has 0 aromatic heterocycles. The molecule has 0 bridgehead atoms. The van der Waals surface area contributed by atoms with Gasteiger partial charge in [-0.05, 0) is 26.1 Å². The SMILES string of the molecule is CC.CNC(C)C(O)CN(C)S(=O)(=O)c1ccccc1.II. The van der Waals surface area contributed by atoms with Gasteiger partial charge in [0.1, 0.15) is 0 Å². The number of halogens is 2. The molecule has 0 radical (unpaired) electrons. The predicted molar refractivity (Wildman–Crippen MR) is 110 cm³/mol. The average molecular weight is 556 g/mol. The van der Waals surface area contributed by atoms with Gasteiger partial charge in [-0.25, -0.2) is 8.42 Å².